The first-order chi connectivity index (χ1) is 5.24. The summed E-state index contributed by atoms with van der Waals surface area (Å²) in [6.45, 7) is 6.11. The van der Waals surface area contributed by atoms with Crippen molar-refractivity contribution in [1.82, 2.24) is 4.98 Å². The first-order valence-corrected chi connectivity index (χ1v) is 4.17. The Hall–Kier alpha value is -0.790. The highest BCUT2D eigenvalue weighted by Gasteiger charge is 2.03. The Bertz CT molecular complexity index is 208. The number of rotatable bonds is 3. The Kier molecular flexibility index (Phi) is 2.69. The van der Waals surface area contributed by atoms with Gasteiger partial charge in [-0.15, -0.1) is 0 Å². The monoisotopic (exact) mass is 153 g/mol. The van der Waals surface area contributed by atoms with Crippen LogP contribution < -0.4 is 0 Å². The van der Waals surface area contributed by atoms with Crippen LogP contribution in [0.5, 0.6) is 0 Å². The number of hydrogen-bond donors (Lipinski definition) is 0. The number of unbranched alkanes of at least 4 members (excludes halogenated alkanes) is 1. The van der Waals surface area contributed by atoms with E-state index in [2.05, 4.69) is 11.9 Å². The molecule has 0 bridgehead atoms. The van der Waals surface area contributed by atoms with Crippen LogP contribution in [-0.2, 0) is 6.42 Å². The highest BCUT2D eigenvalue weighted by molar-refractivity contribution is 5.05. The van der Waals surface area contributed by atoms with Crippen LogP contribution in [0.2, 0.25) is 0 Å². The molecule has 2 heteroatoms. The molecule has 0 N–H and O–H groups in total. The lowest BCUT2D eigenvalue weighted by molar-refractivity contribution is 0.463. The molecule has 2 nitrogen and oxygen atoms in total. The lowest BCUT2D eigenvalue weighted by Gasteiger charge is -1.89. The third-order valence-corrected chi connectivity index (χ3v) is 1.82. The average molecular weight is 153 g/mol. The van der Waals surface area contributed by atoms with Crippen LogP contribution in [0.15, 0.2) is 4.42 Å². The predicted molar refractivity (Wildman–Crippen MR) is 44.6 cm³/mol. The average Bonchev–Trinajstić information content (AvgIpc) is 2.28. The Morgan fingerprint density at radius 2 is 2.09 bits per heavy atom. The molecule has 1 rings (SSSR count). The molecule has 0 amide bonds. The lowest BCUT2D eigenvalue weighted by atomic mass is 10.2. The lowest BCUT2D eigenvalue weighted by Crippen LogP contribution is -1.83. The van der Waals surface area contributed by atoms with Gasteiger partial charge in [-0.2, -0.15) is 0 Å². The summed E-state index contributed by atoms with van der Waals surface area (Å²) < 4.78 is 5.41. The third-order valence-electron chi connectivity index (χ3n) is 1.82. The summed E-state index contributed by atoms with van der Waals surface area (Å²) in [5.41, 5.74) is 1.02. The predicted octanol–water partition coefficient (Wildman–Crippen LogP) is 2.63. The van der Waals surface area contributed by atoms with Crippen molar-refractivity contribution in [2.24, 2.45) is 0 Å². The Labute approximate surface area is 67.6 Å². The molecular formula is C9H15NO. The van der Waals surface area contributed by atoms with Crippen LogP contribution in [0.25, 0.3) is 0 Å². The van der Waals surface area contributed by atoms with Gasteiger partial charge in [-0.1, -0.05) is 13.3 Å². The zero-order chi connectivity index (χ0) is 8.27. The van der Waals surface area contributed by atoms with Crippen molar-refractivity contribution in [3.8, 4) is 0 Å². The van der Waals surface area contributed by atoms with Gasteiger partial charge in [0.05, 0.1) is 5.69 Å². The summed E-state index contributed by atoms with van der Waals surface area (Å²) >= 11 is 0. The van der Waals surface area contributed by atoms with Gasteiger partial charge in [-0.25, -0.2) is 4.98 Å². The molecule has 0 radical (unpaired) electrons. The van der Waals surface area contributed by atoms with E-state index in [-0.39, 0.29) is 0 Å². The van der Waals surface area contributed by atoms with E-state index in [0.717, 1.165) is 23.8 Å². The quantitative estimate of drug-likeness (QED) is 0.667. The molecule has 1 aromatic rings. The van der Waals surface area contributed by atoms with E-state index in [1.807, 2.05) is 13.8 Å². The standard InChI is InChI=1S/C9H15NO/c1-4-5-6-9-10-7(2)8(3)11-9/h4-6H2,1-3H3. The second-order valence-electron chi connectivity index (χ2n) is 2.85. The Morgan fingerprint density at radius 1 is 1.36 bits per heavy atom. The van der Waals surface area contributed by atoms with E-state index in [4.69, 9.17) is 4.42 Å². The minimum absolute atomic E-state index is 0.891. The number of hydrogen-bond acceptors (Lipinski definition) is 2. The molecule has 11 heavy (non-hydrogen) atoms. The van der Waals surface area contributed by atoms with Crippen LogP contribution in [0, 0.1) is 13.8 Å². The first-order valence-electron chi connectivity index (χ1n) is 4.17. The molecular weight excluding hydrogens is 138 g/mol. The van der Waals surface area contributed by atoms with Gasteiger partial charge < -0.3 is 4.42 Å². The molecule has 0 aromatic carbocycles. The summed E-state index contributed by atoms with van der Waals surface area (Å²) in [4.78, 5) is 4.28. The number of aromatic nitrogens is 1. The van der Waals surface area contributed by atoms with Crippen LogP contribution in [-0.4, -0.2) is 4.98 Å². The van der Waals surface area contributed by atoms with E-state index in [1.165, 1.54) is 12.8 Å². The van der Waals surface area contributed by atoms with Gasteiger partial charge in [0.1, 0.15) is 5.76 Å². The second-order valence-corrected chi connectivity index (χ2v) is 2.85. The van der Waals surface area contributed by atoms with Crippen LogP contribution in [0.4, 0.5) is 0 Å². The van der Waals surface area contributed by atoms with Gasteiger partial charge >= 0.3 is 0 Å². The van der Waals surface area contributed by atoms with Crippen molar-refractivity contribution in [3.63, 3.8) is 0 Å². The van der Waals surface area contributed by atoms with Crippen molar-refractivity contribution < 1.29 is 4.42 Å². The van der Waals surface area contributed by atoms with Gasteiger partial charge in [0, 0.05) is 6.42 Å². The van der Waals surface area contributed by atoms with Gasteiger partial charge in [-0.3, -0.25) is 0 Å². The zero-order valence-electron chi connectivity index (χ0n) is 7.48. The first kappa shape index (κ1) is 8.31. The van der Waals surface area contributed by atoms with Gasteiger partial charge in [0.15, 0.2) is 5.89 Å². The highest BCUT2D eigenvalue weighted by atomic mass is 16.4. The molecule has 62 valence electrons. The normalized spacial score (nSPS) is 10.5. The molecule has 1 heterocycles. The van der Waals surface area contributed by atoms with E-state index in [0.29, 0.717) is 0 Å². The van der Waals surface area contributed by atoms with Crippen LogP contribution in [0.1, 0.15) is 37.1 Å². The molecule has 0 aliphatic heterocycles. The van der Waals surface area contributed by atoms with E-state index >= 15 is 0 Å². The van der Waals surface area contributed by atoms with Gasteiger partial charge in [-0.05, 0) is 20.3 Å². The molecule has 0 saturated carbocycles. The number of oxazole rings is 1. The van der Waals surface area contributed by atoms with Crippen molar-refractivity contribution in [2.45, 2.75) is 40.0 Å². The molecule has 0 aliphatic carbocycles. The summed E-state index contributed by atoms with van der Waals surface area (Å²) in [7, 11) is 0. The second kappa shape index (κ2) is 3.56. The van der Waals surface area contributed by atoms with Gasteiger partial charge in [0.25, 0.3) is 0 Å². The molecule has 0 unspecified atom stereocenters. The minimum atomic E-state index is 0.891. The maximum Gasteiger partial charge on any atom is 0.194 e. The van der Waals surface area contributed by atoms with E-state index < -0.39 is 0 Å². The van der Waals surface area contributed by atoms with Crippen LogP contribution >= 0.6 is 0 Å². The van der Waals surface area contributed by atoms with Crippen molar-refractivity contribution in [2.75, 3.05) is 0 Å². The molecule has 0 spiro atoms. The fraction of sp³-hybridized carbons (Fsp3) is 0.667. The van der Waals surface area contributed by atoms with Crippen molar-refractivity contribution >= 4 is 0 Å². The maximum absolute atomic E-state index is 5.41. The molecule has 0 atom stereocenters. The number of aryl methyl sites for hydroxylation is 3. The van der Waals surface area contributed by atoms with E-state index in [1.54, 1.807) is 0 Å². The number of nitrogens with zero attached hydrogens (tertiary/aromatic N) is 1. The molecule has 0 aliphatic rings. The zero-order valence-corrected chi connectivity index (χ0v) is 7.48. The van der Waals surface area contributed by atoms with Crippen molar-refractivity contribution in [1.29, 1.82) is 0 Å². The summed E-state index contributed by atoms with van der Waals surface area (Å²) in [5, 5.41) is 0. The fourth-order valence-corrected chi connectivity index (χ4v) is 0.974. The summed E-state index contributed by atoms with van der Waals surface area (Å²) in [6, 6.07) is 0. The fourth-order valence-electron chi connectivity index (χ4n) is 0.974. The summed E-state index contributed by atoms with van der Waals surface area (Å²) in [5.74, 6) is 1.85. The smallest absolute Gasteiger partial charge is 0.194 e. The highest BCUT2D eigenvalue weighted by Crippen LogP contribution is 2.10. The maximum atomic E-state index is 5.41. The minimum Gasteiger partial charge on any atom is -0.446 e. The molecule has 1 aromatic heterocycles. The largest absolute Gasteiger partial charge is 0.446 e. The Balaban J connectivity index is 2.58. The van der Waals surface area contributed by atoms with Crippen LogP contribution in [0.3, 0.4) is 0 Å². The third kappa shape index (κ3) is 2.07. The van der Waals surface area contributed by atoms with E-state index in [9.17, 15) is 0 Å². The topological polar surface area (TPSA) is 26.0 Å². The molecule has 0 saturated heterocycles. The molecule has 0 fully saturated rings. The van der Waals surface area contributed by atoms with Crippen molar-refractivity contribution in [3.05, 3.63) is 17.3 Å². The summed E-state index contributed by atoms with van der Waals surface area (Å²) in [6.07, 6.45) is 3.34. The Morgan fingerprint density at radius 3 is 2.55 bits per heavy atom. The SMILES string of the molecule is CCCCc1nc(C)c(C)o1. The van der Waals surface area contributed by atoms with Gasteiger partial charge in [0.2, 0.25) is 0 Å².